The fourth-order valence-corrected chi connectivity index (χ4v) is 3.12. The first-order chi connectivity index (χ1) is 9.70. The van der Waals surface area contributed by atoms with Crippen LogP contribution in [0.15, 0.2) is 12.1 Å². The molecule has 0 spiro atoms. The molecule has 108 valence electrons. The van der Waals surface area contributed by atoms with Crippen molar-refractivity contribution in [3.63, 3.8) is 0 Å². The number of fused-ring (bicyclic) bond motifs is 1. The molecule has 1 fully saturated rings. The molecule has 1 aliphatic carbocycles. The van der Waals surface area contributed by atoms with E-state index in [1.54, 1.807) is 0 Å². The number of hydrogen-bond donors (Lipinski definition) is 1. The molecule has 0 radical (unpaired) electrons. The monoisotopic (exact) mass is 276 g/mol. The Kier molecular flexibility index (Phi) is 3.55. The lowest BCUT2D eigenvalue weighted by atomic mass is 9.86. The zero-order valence-electron chi connectivity index (χ0n) is 11.7. The van der Waals surface area contributed by atoms with Crippen LogP contribution in [0, 0.1) is 5.92 Å². The van der Waals surface area contributed by atoms with Gasteiger partial charge in [-0.3, -0.25) is 4.79 Å². The number of ether oxygens (including phenoxy) is 2. The van der Waals surface area contributed by atoms with E-state index in [-0.39, 0.29) is 12.3 Å². The molecule has 0 amide bonds. The Labute approximate surface area is 118 Å². The van der Waals surface area contributed by atoms with Crippen molar-refractivity contribution < 1.29 is 19.4 Å². The van der Waals surface area contributed by atoms with Crippen molar-refractivity contribution in [2.45, 2.75) is 38.5 Å². The predicted octanol–water partition coefficient (Wildman–Crippen LogP) is 2.99. The number of aliphatic carboxylic acids is 1. The molecule has 1 aromatic carbocycles. The largest absolute Gasteiger partial charge is 0.486 e. The summed E-state index contributed by atoms with van der Waals surface area (Å²) in [5, 5.41) is 9.17. The number of carboxylic acids is 1. The maximum Gasteiger partial charge on any atom is 0.303 e. The van der Waals surface area contributed by atoms with Gasteiger partial charge in [-0.15, -0.1) is 0 Å². The van der Waals surface area contributed by atoms with Gasteiger partial charge in [-0.2, -0.15) is 0 Å². The summed E-state index contributed by atoms with van der Waals surface area (Å²) in [6.07, 6.45) is 3.31. The predicted molar refractivity (Wildman–Crippen MR) is 74.5 cm³/mol. The molecule has 3 rings (SSSR count). The van der Waals surface area contributed by atoms with Crippen molar-refractivity contribution >= 4 is 5.97 Å². The lowest BCUT2D eigenvalue weighted by molar-refractivity contribution is -0.137. The summed E-state index contributed by atoms with van der Waals surface area (Å²) in [6, 6.07) is 3.97. The van der Waals surface area contributed by atoms with Crippen LogP contribution in [0.1, 0.15) is 43.2 Å². The molecule has 2 aliphatic rings. The van der Waals surface area contributed by atoms with Crippen LogP contribution in [0.25, 0.3) is 0 Å². The molecule has 1 saturated carbocycles. The summed E-state index contributed by atoms with van der Waals surface area (Å²) in [7, 11) is 0. The van der Waals surface area contributed by atoms with Crippen LogP contribution in [-0.2, 0) is 11.2 Å². The second-order valence-corrected chi connectivity index (χ2v) is 5.55. The number of carboxylic acid groups (broad SMARTS) is 1. The molecule has 0 aromatic heterocycles. The van der Waals surface area contributed by atoms with Crippen molar-refractivity contribution in [2.24, 2.45) is 5.92 Å². The van der Waals surface area contributed by atoms with E-state index in [9.17, 15) is 4.79 Å². The van der Waals surface area contributed by atoms with Crippen molar-refractivity contribution in [3.8, 4) is 11.5 Å². The molecule has 0 bridgehead atoms. The third-order valence-electron chi connectivity index (χ3n) is 4.19. The minimum atomic E-state index is -0.723. The molecular weight excluding hydrogens is 256 g/mol. The quantitative estimate of drug-likeness (QED) is 0.898. The Morgan fingerprint density at radius 2 is 2.10 bits per heavy atom. The highest BCUT2D eigenvalue weighted by molar-refractivity contribution is 5.69. The Bertz CT molecular complexity index is 519. The molecule has 1 atom stereocenters. The normalized spacial score (nSPS) is 18.6. The van der Waals surface area contributed by atoms with Crippen molar-refractivity contribution in [3.05, 3.63) is 23.3 Å². The second kappa shape index (κ2) is 5.35. The van der Waals surface area contributed by atoms with E-state index in [0.717, 1.165) is 41.9 Å². The Hall–Kier alpha value is -1.71. The van der Waals surface area contributed by atoms with E-state index in [1.165, 1.54) is 0 Å². The fourth-order valence-electron chi connectivity index (χ4n) is 3.12. The van der Waals surface area contributed by atoms with Crippen molar-refractivity contribution in [1.82, 2.24) is 0 Å². The van der Waals surface area contributed by atoms with Gasteiger partial charge in [0.05, 0.1) is 6.42 Å². The van der Waals surface area contributed by atoms with Gasteiger partial charge in [0.25, 0.3) is 0 Å². The number of rotatable bonds is 5. The van der Waals surface area contributed by atoms with Gasteiger partial charge in [0.2, 0.25) is 0 Å². The van der Waals surface area contributed by atoms with E-state index in [2.05, 4.69) is 6.92 Å². The summed E-state index contributed by atoms with van der Waals surface area (Å²) < 4.78 is 11.4. The van der Waals surface area contributed by atoms with Gasteiger partial charge < -0.3 is 14.6 Å². The molecule has 1 aromatic rings. The van der Waals surface area contributed by atoms with Gasteiger partial charge in [0.15, 0.2) is 11.5 Å². The SMILES string of the molecule is CCc1c(C(CC(=O)O)C2CC2)ccc2c1OCCO2. The van der Waals surface area contributed by atoms with Crippen molar-refractivity contribution in [1.29, 1.82) is 0 Å². The van der Waals surface area contributed by atoms with Crippen LogP contribution in [0.4, 0.5) is 0 Å². The van der Waals surface area contributed by atoms with Crippen LogP contribution in [0.5, 0.6) is 11.5 Å². The highest BCUT2D eigenvalue weighted by Gasteiger charge is 2.36. The average molecular weight is 276 g/mol. The molecule has 4 nitrogen and oxygen atoms in total. The molecule has 1 N–H and O–H groups in total. The van der Waals surface area contributed by atoms with Gasteiger partial charge in [-0.05, 0) is 42.7 Å². The summed E-state index contributed by atoms with van der Waals surface area (Å²) in [5.41, 5.74) is 2.27. The topological polar surface area (TPSA) is 55.8 Å². The average Bonchev–Trinajstić information content (AvgIpc) is 3.28. The minimum Gasteiger partial charge on any atom is -0.486 e. The van der Waals surface area contributed by atoms with E-state index in [1.807, 2.05) is 12.1 Å². The Morgan fingerprint density at radius 1 is 1.35 bits per heavy atom. The van der Waals surface area contributed by atoms with Gasteiger partial charge in [-0.25, -0.2) is 0 Å². The third-order valence-corrected chi connectivity index (χ3v) is 4.19. The van der Waals surface area contributed by atoms with Crippen LogP contribution in [0.3, 0.4) is 0 Å². The van der Waals surface area contributed by atoms with Crippen LogP contribution >= 0.6 is 0 Å². The van der Waals surface area contributed by atoms with E-state index in [4.69, 9.17) is 14.6 Å². The van der Waals surface area contributed by atoms with Gasteiger partial charge >= 0.3 is 5.97 Å². The van der Waals surface area contributed by atoms with Gasteiger partial charge in [0, 0.05) is 5.56 Å². The first-order valence-electron chi connectivity index (χ1n) is 7.33. The van der Waals surface area contributed by atoms with Crippen molar-refractivity contribution in [2.75, 3.05) is 13.2 Å². The summed E-state index contributed by atoms with van der Waals surface area (Å²) in [6.45, 7) is 3.23. The maximum absolute atomic E-state index is 11.1. The molecule has 1 aliphatic heterocycles. The lowest BCUT2D eigenvalue weighted by Gasteiger charge is -2.25. The zero-order valence-corrected chi connectivity index (χ0v) is 11.7. The molecule has 1 heterocycles. The molecular formula is C16H20O4. The Morgan fingerprint density at radius 3 is 2.75 bits per heavy atom. The second-order valence-electron chi connectivity index (χ2n) is 5.55. The highest BCUT2D eigenvalue weighted by Crippen LogP contribution is 2.48. The first kappa shape index (κ1) is 13.3. The third kappa shape index (κ3) is 2.47. The minimum absolute atomic E-state index is 0.110. The molecule has 1 unspecified atom stereocenters. The summed E-state index contributed by atoms with van der Waals surface area (Å²) in [4.78, 5) is 11.1. The zero-order chi connectivity index (χ0) is 14.1. The van der Waals surface area contributed by atoms with E-state index < -0.39 is 5.97 Å². The lowest BCUT2D eigenvalue weighted by Crippen LogP contribution is -2.18. The summed E-state index contributed by atoms with van der Waals surface area (Å²) in [5.74, 6) is 1.52. The fraction of sp³-hybridized carbons (Fsp3) is 0.562. The molecule has 20 heavy (non-hydrogen) atoms. The summed E-state index contributed by atoms with van der Waals surface area (Å²) >= 11 is 0. The van der Waals surface area contributed by atoms with Crippen LogP contribution < -0.4 is 9.47 Å². The molecule has 4 heteroatoms. The van der Waals surface area contributed by atoms with E-state index >= 15 is 0 Å². The van der Waals surface area contributed by atoms with Gasteiger partial charge in [-0.1, -0.05) is 13.0 Å². The van der Waals surface area contributed by atoms with Crippen LogP contribution in [0.2, 0.25) is 0 Å². The number of benzene rings is 1. The Balaban J connectivity index is 2.00. The maximum atomic E-state index is 11.1. The molecule has 0 saturated heterocycles. The van der Waals surface area contributed by atoms with Gasteiger partial charge in [0.1, 0.15) is 13.2 Å². The van der Waals surface area contributed by atoms with E-state index in [0.29, 0.717) is 19.1 Å². The standard InChI is InChI=1S/C16H20O4/c1-2-11-12(13(9-15(17)18)10-3-4-10)5-6-14-16(11)20-8-7-19-14/h5-6,10,13H,2-4,7-9H2,1H3,(H,17,18). The number of carbonyl (C=O) groups is 1. The number of hydrogen-bond acceptors (Lipinski definition) is 3. The van der Waals surface area contributed by atoms with Crippen LogP contribution in [-0.4, -0.2) is 24.3 Å². The first-order valence-corrected chi connectivity index (χ1v) is 7.33. The smallest absolute Gasteiger partial charge is 0.303 e. The highest BCUT2D eigenvalue weighted by atomic mass is 16.6.